The lowest BCUT2D eigenvalue weighted by atomic mass is 9.93. The van der Waals surface area contributed by atoms with Crippen LogP contribution in [0.3, 0.4) is 0 Å². The number of carbonyl (C=O) groups excluding carboxylic acids is 1. The maximum Gasteiger partial charge on any atom is 0.413 e. The standard InChI is InChI=1S/C17H25N7O2/c1-4-12-14-22-19-10-23(14)13-9-18-15(20-16(25)26-3)21-17(13,2)24(12)11-7-5-6-8-11/h9-12H,4-8H2,1-3H3,(H2,18,20,21,25)/t12-,17?/m1/s1. The predicted molar refractivity (Wildman–Crippen MR) is 95.9 cm³/mol. The number of alkyl carbamates (subject to hydrolysis) is 1. The number of amides is 1. The Balaban J connectivity index is 1.81. The largest absolute Gasteiger partial charge is 0.453 e. The fraction of sp³-hybridized carbons (Fsp3) is 0.647. The zero-order valence-corrected chi connectivity index (χ0v) is 15.4. The molecule has 0 spiro atoms. The van der Waals surface area contributed by atoms with Crippen LogP contribution in [0.5, 0.6) is 0 Å². The minimum Gasteiger partial charge on any atom is -0.453 e. The highest BCUT2D eigenvalue weighted by atomic mass is 16.5. The van der Waals surface area contributed by atoms with E-state index in [1.807, 2.05) is 10.8 Å². The van der Waals surface area contributed by atoms with Gasteiger partial charge in [-0.25, -0.2) is 9.79 Å². The molecule has 0 saturated heterocycles. The lowest BCUT2D eigenvalue weighted by Gasteiger charge is -2.51. The Hall–Kier alpha value is -2.42. The van der Waals surface area contributed by atoms with Crippen LogP contribution in [0.2, 0.25) is 0 Å². The van der Waals surface area contributed by atoms with Crippen molar-refractivity contribution >= 4 is 17.7 Å². The first-order chi connectivity index (χ1) is 12.6. The number of rotatable bonds is 2. The molecule has 1 aliphatic carbocycles. The Morgan fingerprint density at radius 2 is 2.23 bits per heavy atom. The summed E-state index contributed by atoms with van der Waals surface area (Å²) in [6.45, 7) is 4.27. The quantitative estimate of drug-likeness (QED) is 0.836. The van der Waals surface area contributed by atoms with Gasteiger partial charge >= 0.3 is 6.09 Å². The van der Waals surface area contributed by atoms with E-state index < -0.39 is 11.8 Å². The van der Waals surface area contributed by atoms with Gasteiger partial charge in [-0.2, -0.15) is 0 Å². The third kappa shape index (κ3) is 2.49. The molecule has 1 saturated carbocycles. The zero-order valence-electron chi connectivity index (χ0n) is 15.4. The topological polar surface area (TPSA) is 96.7 Å². The van der Waals surface area contributed by atoms with E-state index in [9.17, 15) is 4.79 Å². The fourth-order valence-electron chi connectivity index (χ4n) is 4.54. The molecule has 2 N–H and O–H groups in total. The summed E-state index contributed by atoms with van der Waals surface area (Å²) in [5.41, 5.74) is 0.344. The normalized spacial score (nSPS) is 28.5. The van der Waals surface area contributed by atoms with Gasteiger partial charge in [0.15, 0.2) is 11.5 Å². The average Bonchev–Trinajstić information content (AvgIpc) is 3.31. The summed E-state index contributed by atoms with van der Waals surface area (Å²) in [6.07, 6.45) is 8.75. The van der Waals surface area contributed by atoms with Crippen molar-refractivity contribution in [3.8, 4) is 0 Å². The number of hydrogen-bond acceptors (Lipinski definition) is 7. The first-order valence-corrected chi connectivity index (χ1v) is 9.19. The molecule has 2 atom stereocenters. The molecular weight excluding hydrogens is 334 g/mol. The first kappa shape index (κ1) is 17.0. The van der Waals surface area contributed by atoms with E-state index in [4.69, 9.17) is 9.73 Å². The van der Waals surface area contributed by atoms with Crippen LogP contribution >= 0.6 is 0 Å². The number of fused-ring (bicyclic) bond motifs is 3. The van der Waals surface area contributed by atoms with Crippen LogP contribution in [-0.2, 0) is 4.74 Å². The molecule has 1 aromatic rings. The van der Waals surface area contributed by atoms with Crippen molar-refractivity contribution < 1.29 is 9.53 Å². The number of nitrogens with zero attached hydrogens (tertiary/aromatic N) is 5. The minimum atomic E-state index is -0.618. The van der Waals surface area contributed by atoms with E-state index in [2.05, 4.69) is 39.6 Å². The number of guanidine groups is 1. The maximum atomic E-state index is 11.6. The smallest absolute Gasteiger partial charge is 0.413 e. The molecule has 1 aromatic heterocycles. The number of hydrogen-bond donors (Lipinski definition) is 2. The van der Waals surface area contributed by atoms with Crippen molar-refractivity contribution in [1.82, 2.24) is 30.3 Å². The molecule has 9 heteroatoms. The molecule has 26 heavy (non-hydrogen) atoms. The van der Waals surface area contributed by atoms with Crippen LogP contribution in [-0.4, -0.2) is 50.5 Å². The summed E-state index contributed by atoms with van der Waals surface area (Å²) in [6, 6.07) is 0.559. The molecule has 4 rings (SSSR count). The second-order valence-corrected chi connectivity index (χ2v) is 7.10. The zero-order chi connectivity index (χ0) is 18.3. The molecule has 0 radical (unpaired) electrons. The Morgan fingerprint density at radius 1 is 1.46 bits per heavy atom. The Bertz CT molecular complexity index is 765. The monoisotopic (exact) mass is 359 g/mol. The molecule has 140 valence electrons. The molecule has 3 aliphatic rings. The summed E-state index contributed by atoms with van der Waals surface area (Å²) in [4.78, 5) is 19.0. The van der Waals surface area contributed by atoms with Crippen molar-refractivity contribution in [2.75, 3.05) is 7.11 Å². The van der Waals surface area contributed by atoms with Crippen LogP contribution in [0, 0.1) is 0 Å². The van der Waals surface area contributed by atoms with Gasteiger partial charge in [0.05, 0.1) is 18.8 Å². The Kier molecular flexibility index (Phi) is 4.18. The molecular formula is C17H25N7O2. The van der Waals surface area contributed by atoms with E-state index in [-0.39, 0.29) is 6.04 Å². The third-order valence-electron chi connectivity index (χ3n) is 5.64. The van der Waals surface area contributed by atoms with Gasteiger partial charge in [-0.3, -0.25) is 14.8 Å². The summed E-state index contributed by atoms with van der Waals surface area (Å²) in [5, 5.41) is 14.3. The number of aromatic nitrogens is 3. The van der Waals surface area contributed by atoms with Crippen LogP contribution in [0.1, 0.15) is 57.8 Å². The van der Waals surface area contributed by atoms with Gasteiger partial charge in [-0.05, 0) is 26.2 Å². The third-order valence-corrected chi connectivity index (χ3v) is 5.64. The van der Waals surface area contributed by atoms with Crippen molar-refractivity contribution in [2.45, 2.75) is 63.7 Å². The van der Waals surface area contributed by atoms with E-state index in [0.717, 1.165) is 30.8 Å². The maximum absolute atomic E-state index is 11.6. The number of nitrogens with one attached hydrogen (secondary N) is 2. The molecule has 0 aromatic carbocycles. The lowest BCUT2D eigenvalue weighted by molar-refractivity contribution is 0.0291. The Labute approximate surface area is 152 Å². The summed E-state index contributed by atoms with van der Waals surface area (Å²) in [7, 11) is 1.34. The molecule has 1 unspecified atom stereocenters. The van der Waals surface area contributed by atoms with E-state index in [1.54, 1.807) is 6.33 Å². The summed E-state index contributed by atoms with van der Waals surface area (Å²) < 4.78 is 6.72. The summed E-state index contributed by atoms with van der Waals surface area (Å²) >= 11 is 0. The SMILES string of the molecule is CC[C@@H]1c2nncn2C2=CNC(NC(=O)OC)=NC2(C)N1C1CCCC1. The van der Waals surface area contributed by atoms with Gasteiger partial charge in [0.2, 0.25) is 5.96 Å². The van der Waals surface area contributed by atoms with Crippen LogP contribution in [0.4, 0.5) is 4.79 Å². The lowest BCUT2D eigenvalue weighted by Crippen LogP contribution is -2.60. The molecule has 0 bridgehead atoms. The average molecular weight is 359 g/mol. The van der Waals surface area contributed by atoms with Gasteiger partial charge in [0, 0.05) is 12.2 Å². The van der Waals surface area contributed by atoms with E-state index in [1.165, 1.54) is 20.0 Å². The molecule has 1 amide bonds. The van der Waals surface area contributed by atoms with Crippen LogP contribution < -0.4 is 10.6 Å². The van der Waals surface area contributed by atoms with Crippen molar-refractivity contribution in [3.05, 3.63) is 18.4 Å². The van der Waals surface area contributed by atoms with Crippen molar-refractivity contribution in [2.24, 2.45) is 4.99 Å². The van der Waals surface area contributed by atoms with Gasteiger partial charge in [-0.15, -0.1) is 10.2 Å². The van der Waals surface area contributed by atoms with E-state index in [0.29, 0.717) is 12.0 Å². The van der Waals surface area contributed by atoms with Gasteiger partial charge in [0.25, 0.3) is 0 Å². The van der Waals surface area contributed by atoms with Gasteiger partial charge < -0.3 is 10.1 Å². The highest BCUT2D eigenvalue weighted by Gasteiger charge is 2.51. The fourth-order valence-corrected chi connectivity index (χ4v) is 4.54. The number of carbonyl (C=O) groups is 1. The highest BCUT2D eigenvalue weighted by molar-refractivity contribution is 5.96. The Morgan fingerprint density at radius 3 is 2.92 bits per heavy atom. The van der Waals surface area contributed by atoms with Crippen LogP contribution in [0.25, 0.3) is 5.70 Å². The number of methoxy groups -OCH3 is 1. The van der Waals surface area contributed by atoms with E-state index >= 15 is 0 Å². The molecule has 9 nitrogen and oxygen atoms in total. The van der Waals surface area contributed by atoms with Crippen LogP contribution in [0.15, 0.2) is 17.5 Å². The number of ether oxygens (including phenoxy) is 1. The second kappa shape index (κ2) is 6.39. The molecule has 1 fully saturated rings. The van der Waals surface area contributed by atoms with Gasteiger partial charge in [-0.1, -0.05) is 19.8 Å². The first-order valence-electron chi connectivity index (χ1n) is 9.19. The molecule has 2 aliphatic heterocycles. The van der Waals surface area contributed by atoms with Gasteiger partial charge in [0.1, 0.15) is 6.33 Å². The highest BCUT2D eigenvalue weighted by Crippen LogP contribution is 2.47. The number of aliphatic imine (C=N–C) groups is 1. The van der Waals surface area contributed by atoms with Crippen molar-refractivity contribution in [1.29, 1.82) is 0 Å². The second-order valence-electron chi connectivity index (χ2n) is 7.10. The predicted octanol–water partition coefficient (Wildman–Crippen LogP) is 1.82. The minimum absolute atomic E-state index is 0.129. The summed E-state index contributed by atoms with van der Waals surface area (Å²) in [5.74, 6) is 1.34. The molecule has 3 heterocycles. The van der Waals surface area contributed by atoms with Crippen molar-refractivity contribution in [3.63, 3.8) is 0 Å².